The van der Waals surface area contributed by atoms with Gasteiger partial charge >= 0.3 is 0 Å². The second kappa shape index (κ2) is 10.8. The van der Waals surface area contributed by atoms with Gasteiger partial charge in [-0.2, -0.15) is 0 Å². The van der Waals surface area contributed by atoms with Gasteiger partial charge in [-0.05, 0) is 42.8 Å². The molecule has 0 aliphatic carbocycles. The Bertz CT molecular complexity index is 803. The molecule has 1 unspecified atom stereocenters. The number of nitrogens with two attached hydrogens (primary N) is 1. The maximum atomic E-state index is 12.3. The lowest BCUT2D eigenvalue weighted by Crippen LogP contribution is -2.12. The van der Waals surface area contributed by atoms with Gasteiger partial charge < -0.3 is 15.8 Å². The van der Waals surface area contributed by atoms with E-state index in [9.17, 15) is 4.79 Å². The van der Waals surface area contributed by atoms with Crippen LogP contribution in [0.3, 0.4) is 0 Å². The number of nitrogens with one attached hydrogen (secondary N) is 1. The Morgan fingerprint density at radius 1 is 1.36 bits per heavy atom. The fourth-order valence-electron chi connectivity index (χ4n) is 2.91. The number of amides is 1. The van der Waals surface area contributed by atoms with Crippen molar-refractivity contribution in [1.82, 2.24) is 0 Å². The van der Waals surface area contributed by atoms with Crippen molar-refractivity contribution in [1.29, 1.82) is 0 Å². The first-order valence-corrected chi connectivity index (χ1v) is 12.6. The maximum absolute atomic E-state index is 12.3. The molecule has 5 nitrogen and oxygen atoms in total. The van der Waals surface area contributed by atoms with Gasteiger partial charge in [0, 0.05) is 23.5 Å². The molecule has 0 radical (unpaired) electrons. The van der Waals surface area contributed by atoms with Gasteiger partial charge in [0.2, 0.25) is 5.91 Å². The molecule has 8 heteroatoms. The highest BCUT2D eigenvalue weighted by Gasteiger charge is 2.16. The number of hydrogen-bond donors (Lipinski definition) is 2. The molecule has 150 valence electrons. The molecule has 0 spiro atoms. The number of methoxy groups -OCH3 is 1. The third-order valence-corrected chi connectivity index (χ3v) is 8.29. The van der Waals surface area contributed by atoms with E-state index in [1.807, 2.05) is 51.2 Å². The minimum absolute atomic E-state index is 0.0149. The molecule has 1 fully saturated rings. The molecule has 1 amide bonds. The van der Waals surface area contributed by atoms with E-state index in [1.165, 1.54) is 18.6 Å². The zero-order valence-corrected chi connectivity index (χ0v) is 18.3. The van der Waals surface area contributed by atoms with Crippen LogP contribution in [0.5, 0.6) is 5.75 Å². The number of unbranched alkanes of at least 4 members (excludes halogenated alkanes) is 1. The molecule has 1 aromatic carbocycles. The molecule has 3 N–H and O–H groups in total. The Morgan fingerprint density at radius 2 is 2.25 bits per heavy atom. The minimum atomic E-state index is 0.0149. The van der Waals surface area contributed by atoms with Gasteiger partial charge in [0.05, 0.1) is 23.4 Å². The fraction of sp³-hybridized carbons (Fsp3) is 0.400. The van der Waals surface area contributed by atoms with Crippen molar-refractivity contribution in [3.8, 4) is 5.75 Å². The first kappa shape index (κ1) is 21.1. The van der Waals surface area contributed by atoms with E-state index >= 15 is 0 Å². The van der Waals surface area contributed by atoms with Crippen LogP contribution < -0.4 is 15.8 Å². The molecular weight excluding hydrogens is 410 g/mol. The number of benzene rings is 1. The van der Waals surface area contributed by atoms with E-state index in [2.05, 4.69) is 10.3 Å². The molecule has 0 bridgehead atoms. The number of aliphatic imine (C=N–C) groups is 1. The summed E-state index contributed by atoms with van der Waals surface area (Å²) in [5.41, 5.74) is 7.39. The number of nitrogens with zero attached hydrogens (tertiary/aromatic N) is 1. The van der Waals surface area contributed by atoms with Crippen molar-refractivity contribution in [3.63, 3.8) is 0 Å². The van der Waals surface area contributed by atoms with Crippen molar-refractivity contribution >= 4 is 56.0 Å². The molecule has 28 heavy (non-hydrogen) atoms. The number of hydrogen-bond acceptors (Lipinski definition) is 6. The zero-order chi connectivity index (χ0) is 19.8. The summed E-state index contributed by atoms with van der Waals surface area (Å²) in [6, 6.07) is 9.29. The molecule has 1 atom stereocenters. The Balaban J connectivity index is 1.53. The number of carbonyl (C=O) groups excluding carboxylic acids is 1. The van der Waals surface area contributed by atoms with Crippen LogP contribution in [-0.4, -0.2) is 29.9 Å². The minimum Gasteiger partial charge on any atom is -0.494 e. The Labute approximate surface area is 177 Å². The molecule has 1 aliphatic rings. The smallest absolute Gasteiger partial charge is 0.224 e. The summed E-state index contributed by atoms with van der Waals surface area (Å²) < 4.78 is 5.43. The fourth-order valence-corrected chi connectivity index (χ4v) is 6.56. The van der Waals surface area contributed by atoms with Crippen molar-refractivity contribution in [2.45, 2.75) is 37.4 Å². The van der Waals surface area contributed by atoms with Crippen molar-refractivity contribution in [3.05, 3.63) is 40.6 Å². The van der Waals surface area contributed by atoms with Gasteiger partial charge in [0.25, 0.3) is 0 Å². The number of ether oxygens (including phenoxy) is 1. The predicted molar refractivity (Wildman–Crippen MR) is 123 cm³/mol. The van der Waals surface area contributed by atoms with Crippen LogP contribution in [0.15, 0.2) is 40.7 Å². The van der Waals surface area contributed by atoms with Crippen molar-refractivity contribution in [2.75, 3.05) is 18.2 Å². The summed E-state index contributed by atoms with van der Waals surface area (Å²) in [7, 11) is 5.54. The molecule has 1 saturated heterocycles. The van der Waals surface area contributed by atoms with Crippen LogP contribution in [-0.2, 0) is 4.79 Å². The first-order chi connectivity index (χ1) is 13.7. The molecule has 3 rings (SSSR count). The van der Waals surface area contributed by atoms with Crippen molar-refractivity contribution in [2.24, 2.45) is 10.7 Å². The normalized spacial score (nSPS) is 16.9. The summed E-state index contributed by atoms with van der Waals surface area (Å²) >= 11 is 1.54. The van der Waals surface area contributed by atoms with Crippen LogP contribution in [0.2, 0.25) is 0 Å². The highest BCUT2D eigenvalue weighted by molar-refractivity contribution is 8.77. The third kappa shape index (κ3) is 6.18. The van der Waals surface area contributed by atoms with E-state index in [0.717, 1.165) is 23.0 Å². The summed E-state index contributed by atoms with van der Waals surface area (Å²) in [5.74, 6) is 2.32. The van der Waals surface area contributed by atoms with Crippen LogP contribution in [0.4, 0.5) is 11.4 Å². The van der Waals surface area contributed by atoms with E-state index in [0.29, 0.717) is 29.4 Å². The average Bonchev–Trinajstić information content (AvgIpc) is 3.40. The standard InChI is InChI=1S/C20H25N3O2S3/c1-25-17-13-14(22-20(21)18-6-4-11-26-18)8-9-16(17)23-19(24)7-3-2-5-15-10-12-27-28-15/h4,6,8-9,11,13,15H,2-3,5,7,10,12H2,1H3,(H2,21,22)(H,23,24). The van der Waals surface area contributed by atoms with Gasteiger partial charge in [0.15, 0.2) is 0 Å². The summed E-state index contributed by atoms with van der Waals surface area (Å²) in [6.07, 6.45) is 5.03. The molecule has 1 aliphatic heterocycles. The monoisotopic (exact) mass is 435 g/mol. The van der Waals surface area contributed by atoms with Crippen molar-refractivity contribution < 1.29 is 9.53 Å². The lowest BCUT2D eigenvalue weighted by atomic mass is 10.1. The molecule has 1 aromatic heterocycles. The third-order valence-electron chi connectivity index (χ3n) is 4.39. The highest BCUT2D eigenvalue weighted by Crippen LogP contribution is 2.40. The van der Waals surface area contributed by atoms with Gasteiger partial charge in [-0.3, -0.25) is 4.79 Å². The van der Waals surface area contributed by atoms with Crippen LogP contribution in [0, 0.1) is 0 Å². The van der Waals surface area contributed by atoms with Gasteiger partial charge in [-0.1, -0.05) is 34.1 Å². The van der Waals surface area contributed by atoms with Gasteiger partial charge in [0.1, 0.15) is 11.6 Å². The number of carbonyl (C=O) groups is 1. The quantitative estimate of drug-likeness (QED) is 0.237. The topological polar surface area (TPSA) is 76.7 Å². The maximum Gasteiger partial charge on any atom is 0.224 e. The molecule has 2 aromatic rings. The lowest BCUT2D eigenvalue weighted by Gasteiger charge is -2.11. The summed E-state index contributed by atoms with van der Waals surface area (Å²) in [6.45, 7) is 0. The molecule has 2 heterocycles. The number of amidine groups is 1. The SMILES string of the molecule is COc1cc(N=C(N)c2cccs2)ccc1NC(=O)CCCCC1CCSS1. The molecule has 0 saturated carbocycles. The summed E-state index contributed by atoms with van der Waals surface area (Å²) in [4.78, 5) is 17.6. The highest BCUT2D eigenvalue weighted by atomic mass is 33.1. The van der Waals surface area contributed by atoms with Crippen LogP contribution in [0.25, 0.3) is 0 Å². The Kier molecular flexibility index (Phi) is 8.12. The number of anilines is 1. The second-order valence-corrected chi connectivity index (χ2v) is 10.2. The average molecular weight is 436 g/mol. The molecular formula is C20H25N3O2S3. The van der Waals surface area contributed by atoms with Crippen LogP contribution >= 0.6 is 32.9 Å². The van der Waals surface area contributed by atoms with E-state index in [1.54, 1.807) is 24.5 Å². The van der Waals surface area contributed by atoms with Crippen LogP contribution in [0.1, 0.15) is 37.0 Å². The zero-order valence-electron chi connectivity index (χ0n) is 15.8. The second-order valence-electron chi connectivity index (χ2n) is 6.48. The number of thiophene rings is 1. The largest absolute Gasteiger partial charge is 0.494 e. The van der Waals surface area contributed by atoms with E-state index in [4.69, 9.17) is 10.5 Å². The summed E-state index contributed by atoms with van der Waals surface area (Å²) in [5, 5.41) is 5.67. The van der Waals surface area contributed by atoms with E-state index in [-0.39, 0.29) is 5.91 Å². The van der Waals surface area contributed by atoms with Gasteiger partial charge in [-0.25, -0.2) is 4.99 Å². The predicted octanol–water partition coefficient (Wildman–Crippen LogP) is 5.45. The van der Waals surface area contributed by atoms with E-state index < -0.39 is 0 Å². The Hall–Kier alpha value is -1.64. The lowest BCUT2D eigenvalue weighted by molar-refractivity contribution is -0.116. The first-order valence-electron chi connectivity index (χ1n) is 9.30. The Morgan fingerprint density at radius 3 is 2.96 bits per heavy atom. The number of rotatable bonds is 9. The van der Waals surface area contributed by atoms with Gasteiger partial charge in [-0.15, -0.1) is 11.3 Å².